The molecule has 2 N–H and O–H groups in total. The first-order valence-corrected chi connectivity index (χ1v) is 5.71. The van der Waals surface area contributed by atoms with Crippen LogP contribution < -0.4 is 5.73 Å². The third kappa shape index (κ3) is 4.18. The van der Waals surface area contributed by atoms with E-state index < -0.39 is 0 Å². The minimum Gasteiger partial charge on any atom is -0.380 e. The lowest BCUT2D eigenvalue weighted by atomic mass is 10.2. The van der Waals surface area contributed by atoms with Crippen molar-refractivity contribution < 1.29 is 9.53 Å². The molecule has 88 valence electrons. The lowest BCUT2D eigenvalue weighted by molar-refractivity contribution is -0.133. The average molecular weight is 214 g/mol. The van der Waals surface area contributed by atoms with Crippen LogP contribution in [0.25, 0.3) is 0 Å². The highest BCUT2D eigenvalue weighted by atomic mass is 16.5. The molecular weight excluding hydrogens is 192 g/mol. The van der Waals surface area contributed by atoms with Gasteiger partial charge in [-0.05, 0) is 25.7 Å². The smallest absolute Gasteiger partial charge is 0.225 e. The molecule has 1 rings (SSSR count). The molecule has 0 saturated heterocycles. The van der Waals surface area contributed by atoms with Crippen molar-refractivity contribution >= 4 is 5.91 Å². The number of rotatable bonds is 7. The third-order valence-corrected chi connectivity index (χ3v) is 2.91. The van der Waals surface area contributed by atoms with Crippen molar-refractivity contribution in [1.29, 1.82) is 0 Å². The van der Waals surface area contributed by atoms with E-state index in [4.69, 9.17) is 10.5 Å². The second kappa shape index (κ2) is 6.08. The van der Waals surface area contributed by atoms with Crippen LogP contribution in [0.2, 0.25) is 0 Å². The summed E-state index contributed by atoms with van der Waals surface area (Å²) in [4.78, 5) is 13.8. The monoisotopic (exact) mass is 214 g/mol. The van der Waals surface area contributed by atoms with Gasteiger partial charge in [0.25, 0.3) is 0 Å². The van der Waals surface area contributed by atoms with Gasteiger partial charge in [-0.25, -0.2) is 0 Å². The number of methoxy groups -OCH3 is 1. The predicted octanol–water partition coefficient (Wildman–Crippen LogP) is 0.609. The number of carbonyl (C=O) groups is 1. The predicted molar refractivity (Wildman–Crippen MR) is 59.4 cm³/mol. The van der Waals surface area contributed by atoms with Crippen LogP contribution in [0.3, 0.4) is 0 Å². The summed E-state index contributed by atoms with van der Waals surface area (Å²) >= 11 is 0. The van der Waals surface area contributed by atoms with E-state index in [0.717, 1.165) is 19.0 Å². The van der Waals surface area contributed by atoms with E-state index in [0.29, 0.717) is 13.0 Å². The molecule has 0 radical (unpaired) electrons. The zero-order chi connectivity index (χ0) is 11.3. The first-order valence-electron chi connectivity index (χ1n) is 5.71. The molecule has 0 aromatic heterocycles. The molecule has 0 heterocycles. The van der Waals surface area contributed by atoms with Crippen LogP contribution in [0.5, 0.6) is 0 Å². The number of ether oxygens (including phenoxy) is 1. The van der Waals surface area contributed by atoms with Gasteiger partial charge in [0, 0.05) is 26.7 Å². The van der Waals surface area contributed by atoms with Gasteiger partial charge in [-0.2, -0.15) is 0 Å². The highest BCUT2D eigenvalue weighted by molar-refractivity contribution is 5.76. The molecule has 1 amide bonds. The standard InChI is InChI=1S/C11H22N2O2/c1-3-13(8-9-4-5-9)11(14)6-10(7-12)15-2/h9-10H,3-8,12H2,1-2H3. The molecule has 0 aliphatic heterocycles. The summed E-state index contributed by atoms with van der Waals surface area (Å²) in [6, 6.07) is 0. The van der Waals surface area contributed by atoms with Crippen LogP contribution >= 0.6 is 0 Å². The fraction of sp³-hybridized carbons (Fsp3) is 0.909. The molecule has 1 atom stereocenters. The Bertz CT molecular complexity index is 201. The summed E-state index contributed by atoms with van der Waals surface area (Å²) in [5, 5.41) is 0. The molecule has 4 nitrogen and oxygen atoms in total. The summed E-state index contributed by atoms with van der Waals surface area (Å²) in [5.74, 6) is 0.912. The Morgan fingerprint density at radius 2 is 2.27 bits per heavy atom. The van der Waals surface area contributed by atoms with Gasteiger partial charge in [0.15, 0.2) is 0 Å². The van der Waals surface area contributed by atoms with Gasteiger partial charge in [0.05, 0.1) is 12.5 Å². The van der Waals surface area contributed by atoms with Crippen LogP contribution in [0, 0.1) is 5.92 Å². The van der Waals surface area contributed by atoms with E-state index in [1.807, 2.05) is 11.8 Å². The van der Waals surface area contributed by atoms with Gasteiger partial charge in [-0.3, -0.25) is 4.79 Å². The van der Waals surface area contributed by atoms with E-state index >= 15 is 0 Å². The van der Waals surface area contributed by atoms with E-state index in [2.05, 4.69) is 0 Å². The highest BCUT2D eigenvalue weighted by Crippen LogP contribution is 2.29. The van der Waals surface area contributed by atoms with Gasteiger partial charge < -0.3 is 15.4 Å². The quantitative estimate of drug-likeness (QED) is 0.675. The van der Waals surface area contributed by atoms with Gasteiger partial charge in [0.1, 0.15) is 0 Å². The molecule has 4 heteroatoms. The maximum Gasteiger partial charge on any atom is 0.225 e. The zero-order valence-electron chi connectivity index (χ0n) is 9.74. The fourth-order valence-electron chi connectivity index (χ4n) is 1.61. The number of hydrogen-bond acceptors (Lipinski definition) is 3. The SMILES string of the molecule is CCN(CC1CC1)C(=O)CC(CN)OC. The van der Waals surface area contributed by atoms with E-state index in [1.165, 1.54) is 12.8 Å². The topological polar surface area (TPSA) is 55.6 Å². The van der Waals surface area contributed by atoms with Gasteiger partial charge >= 0.3 is 0 Å². The molecule has 1 aliphatic rings. The van der Waals surface area contributed by atoms with Crippen LogP contribution in [0.4, 0.5) is 0 Å². The number of amides is 1. The van der Waals surface area contributed by atoms with Crippen LogP contribution in [0.15, 0.2) is 0 Å². The van der Waals surface area contributed by atoms with Crippen molar-refractivity contribution in [3.05, 3.63) is 0 Å². The lowest BCUT2D eigenvalue weighted by Crippen LogP contribution is -2.37. The number of carbonyl (C=O) groups excluding carboxylic acids is 1. The molecule has 1 aliphatic carbocycles. The second-order valence-electron chi connectivity index (χ2n) is 4.17. The molecular formula is C11H22N2O2. The highest BCUT2D eigenvalue weighted by Gasteiger charge is 2.26. The Kier molecular flexibility index (Phi) is 5.05. The normalized spacial score (nSPS) is 17.5. The Morgan fingerprint density at radius 3 is 2.67 bits per heavy atom. The molecule has 15 heavy (non-hydrogen) atoms. The van der Waals surface area contributed by atoms with Crippen molar-refractivity contribution in [3.8, 4) is 0 Å². The Balaban J connectivity index is 2.33. The van der Waals surface area contributed by atoms with Crippen LogP contribution in [-0.4, -0.2) is 43.7 Å². The minimum absolute atomic E-state index is 0.134. The Labute approximate surface area is 91.8 Å². The molecule has 0 aromatic carbocycles. The van der Waals surface area contributed by atoms with Crippen molar-refractivity contribution in [1.82, 2.24) is 4.90 Å². The Morgan fingerprint density at radius 1 is 1.60 bits per heavy atom. The van der Waals surface area contributed by atoms with Crippen molar-refractivity contribution in [2.75, 3.05) is 26.7 Å². The first kappa shape index (κ1) is 12.5. The molecule has 1 fully saturated rings. The van der Waals surface area contributed by atoms with Gasteiger partial charge in [0.2, 0.25) is 5.91 Å². The second-order valence-corrected chi connectivity index (χ2v) is 4.17. The maximum absolute atomic E-state index is 11.9. The summed E-state index contributed by atoms with van der Waals surface area (Å²) in [7, 11) is 1.60. The molecule has 0 aromatic rings. The number of nitrogens with two attached hydrogens (primary N) is 1. The minimum atomic E-state index is -0.134. The first-order chi connectivity index (χ1) is 7.21. The third-order valence-electron chi connectivity index (χ3n) is 2.91. The Hall–Kier alpha value is -0.610. The van der Waals surface area contributed by atoms with Gasteiger partial charge in [-0.15, -0.1) is 0 Å². The molecule has 1 saturated carbocycles. The van der Waals surface area contributed by atoms with Crippen molar-refractivity contribution in [2.24, 2.45) is 11.7 Å². The number of nitrogens with zero attached hydrogens (tertiary/aromatic N) is 1. The lowest BCUT2D eigenvalue weighted by Gasteiger charge is -2.23. The summed E-state index contributed by atoms with van der Waals surface area (Å²) in [5.41, 5.74) is 5.49. The average Bonchev–Trinajstić information content (AvgIpc) is 3.05. The number of hydrogen-bond donors (Lipinski definition) is 1. The van der Waals surface area contributed by atoms with E-state index in [1.54, 1.807) is 7.11 Å². The van der Waals surface area contributed by atoms with E-state index in [9.17, 15) is 4.79 Å². The zero-order valence-corrected chi connectivity index (χ0v) is 9.74. The maximum atomic E-state index is 11.9. The molecule has 0 spiro atoms. The van der Waals surface area contributed by atoms with Crippen LogP contribution in [0.1, 0.15) is 26.2 Å². The summed E-state index contributed by atoms with van der Waals surface area (Å²) in [6.45, 7) is 4.13. The summed E-state index contributed by atoms with van der Waals surface area (Å²) in [6.07, 6.45) is 2.82. The fourth-order valence-corrected chi connectivity index (χ4v) is 1.61. The largest absolute Gasteiger partial charge is 0.380 e. The summed E-state index contributed by atoms with van der Waals surface area (Å²) < 4.78 is 5.11. The van der Waals surface area contributed by atoms with Crippen LogP contribution in [-0.2, 0) is 9.53 Å². The molecule has 1 unspecified atom stereocenters. The van der Waals surface area contributed by atoms with E-state index in [-0.39, 0.29) is 12.0 Å². The van der Waals surface area contributed by atoms with Crippen molar-refractivity contribution in [3.63, 3.8) is 0 Å². The molecule has 0 bridgehead atoms. The van der Waals surface area contributed by atoms with Gasteiger partial charge in [-0.1, -0.05) is 0 Å². The van der Waals surface area contributed by atoms with Crippen molar-refractivity contribution in [2.45, 2.75) is 32.3 Å².